The molecule has 0 aliphatic rings. The molecule has 4 N–H and O–H groups in total. The summed E-state index contributed by atoms with van der Waals surface area (Å²) in [5, 5.41) is 10.5. The van der Waals surface area contributed by atoms with Crippen LogP contribution in [-0.4, -0.2) is 34.0 Å². The summed E-state index contributed by atoms with van der Waals surface area (Å²) in [5.74, 6) is 0.0941. The van der Waals surface area contributed by atoms with E-state index < -0.39 is 0 Å². The first-order chi connectivity index (χ1) is 8.02. The van der Waals surface area contributed by atoms with Gasteiger partial charge < -0.3 is 11.1 Å². The number of nitrogens with zero attached hydrogens (tertiary/aromatic N) is 2. The molecule has 0 spiro atoms. The number of aromatic nitrogens is 2. The highest BCUT2D eigenvalue weighted by molar-refractivity contribution is 7.99. The van der Waals surface area contributed by atoms with E-state index in [1.54, 1.807) is 13.0 Å². The third kappa shape index (κ3) is 4.39. The molecule has 6 nitrogen and oxygen atoms in total. The number of amides is 1. The standard InChI is InChI=1S/C10H15N5OS/c1-3-13-8(16)5-17-10-14-6(2)4-7(15-10)9(11)12/h4H,3,5H2,1-2H3,(H3,11,12)(H,13,16). The minimum absolute atomic E-state index is 0.0630. The molecule has 0 atom stereocenters. The van der Waals surface area contributed by atoms with Crippen LogP contribution < -0.4 is 11.1 Å². The van der Waals surface area contributed by atoms with Crippen molar-refractivity contribution in [3.63, 3.8) is 0 Å². The summed E-state index contributed by atoms with van der Waals surface area (Å²) in [5.41, 5.74) is 6.47. The van der Waals surface area contributed by atoms with Gasteiger partial charge in [0.1, 0.15) is 11.5 Å². The lowest BCUT2D eigenvalue weighted by atomic mass is 10.3. The zero-order valence-electron chi connectivity index (χ0n) is 9.78. The Labute approximate surface area is 104 Å². The molecule has 1 heterocycles. The quantitative estimate of drug-likeness (QED) is 0.303. The van der Waals surface area contributed by atoms with Crippen LogP contribution in [0.4, 0.5) is 0 Å². The molecule has 0 fully saturated rings. The minimum atomic E-state index is -0.102. The van der Waals surface area contributed by atoms with Crippen molar-refractivity contribution in [2.45, 2.75) is 19.0 Å². The summed E-state index contributed by atoms with van der Waals surface area (Å²) in [4.78, 5) is 19.5. The van der Waals surface area contributed by atoms with Crippen LogP contribution in [0.5, 0.6) is 0 Å². The number of carbonyl (C=O) groups is 1. The second kappa shape index (κ2) is 6.19. The Morgan fingerprint density at radius 3 is 2.88 bits per heavy atom. The first-order valence-corrected chi connectivity index (χ1v) is 6.11. The monoisotopic (exact) mass is 253 g/mol. The van der Waals surface area contributed by atoms with Gasteiger partial charge in [0.15, 0.2) is 5.16 Å². The van der Waals surface area contributed by atoms with Gasteiger partial charge in [0.25, 0.3) is 0 Å². The Morgan fingerprint density at radius 1 is 1.59 bits per heavy atom. The van der Waals surface area contributed by atoms with Gasteiger partial charge in [-0.2, -0.15) is 0 Å². The smallest absolute Gasteiger partial charge is 0.230 e. The maximum atomic E-state index is 11.3. The van der Waals surface area contributed by atoms with Gasteiger partial charge in [-0.1, -0.05) is 11.8 Å². The molecular weight excluding hydrogens is 238 g/mol. The molecule has 0 unspecified atom stereocenters. The Kier molecular flexibility index (Phi) is 4.89. The number of thioether (sulfide) groups is 1. The van der Waals surface area contributed by atoms with Gasteiger partial charge in [-0.05, 0) is 19.9 Å². The Hall–Kier alpha value is -1.63. The van der Waals surface area contributed by atoms with Crippen molar-refractivity contribution in [2.75, 3.05) is 12.3 Å². The van der Waals surface area contributed by atoms with Crippen molar-refractivity contribution >= 4 is 23.5 Å². The van der Waals surface area contributed by atoms with Crippen LogP contribution in [0.1, 0.15) is 18.3 Å². The summed E-state index contributed by atoms with van der Waals surface area (Å²) in [7, 11) is 0. The van der Waals surface area contributed by atoms with Gasteiger partial charge in [-0.3, -0.25) is 10.2 Å². The van der Waals surface area contributed by atoms with E-state index in [4.69, 9.17) is 11.1 Å². The number of carbonyl (C=O) groups excluding carboxylic acids is 1. The van der Waals surface area contributed by atoms with Gasteiger partial charge in [0.2, 0.25) is 5.91 Å². The molecule has 0 saturated heterocycles. The summed E-state index contributed by atoms with van der Waals surface area (Å²) in [6.45, 7) is 4.26. The van der Waals surface area contributed by atoms with E-state index in [1.165, 1.54) is 11.8 Å². The molecule has 17 heavy (non-hydrogen) atoms. The molecule has 1 aromatic heterocycles. The van der Waals surface area contributed by atoms with Crippen molar-refractivity contribution in [2.24, 2.45) is 5.73 Å². The van der Waals surface area contributed by atoms with Gasteiger partial charge in [-0.15, -0.1) is 0 Å². The summed E-state index contributed by atoms with van der Waals surface area (Å²) >= 11 is 1.23. The number of nitrogens with one attached hydrogen (secondary N) is 2. The lowest BCUT2D eigenvalue weighted by molar-refractivity contribution is -0.118. The molecule has 1 rings (SSSR count). The van der Waals surface area contributed by atoms with E-state index >= 15 is 0 Å². The molecule has 1 amide bonds. The third-order valence-electron chi connectivity index (χ3n) is 1.82. The highest BCUT2D eigenvalue weighted by Crippen LogP contribution is 2.13. The van der Waals surface area contributed by atoms with Gasteiger partial charge in [-0.25, -0.2) is 9.97 Å². The van der Waals surface area contributed by atoms with Crippen molar-refractivity contribution in [1.82, 2.24) is 15.3 Å². The zero-order valence-corrected chi connectivity index (χ0v) is 10.6. The van der Waals surface area contributed by atoms with Crippen molar-refractivity contribution in [3.05, 3.63) is 17.5 Å². The van der Waals surface area contributed by atoms with Crippen LogP contribution in [0, 0.1) is 12.3 Å². The number of rotatable bonds is 5. The molecule has 0 aromatic carbocycles. The molecule has 92 valence electrons. The average Bonchev–Trinajstić information content (AvgIpc) is 2.26. The van der Waals surface area contributed by atoms with Crippen molar-refractivity contribution < 1.29 is 4.79 Å². The second-order valence-electron chi connectivity index (χ2n) is 3.33. The number of nitrogen functional groups attached to an aromatic ring is 1. The summed E-state index contributed by atoms with van der Waals surface area (Å²) in [6.07, 6.45) is 0. The fourth-order valence-electron chi connectivity index (χ4n) is 1.12. The Bertz CT molecular complexity index is 435. The fraction of sp³-hybridized carbons (Fsp3) is 0.400. The van der Waals surface area contributed by atoms with Crippen LogP contribution in [0.15, 0.2) is 11.2 Å². The summed E-state index contributed by atoms with van der Waals surface area (Å²) in [6, 6.07) is 1.64. The molecule has 0 radical (unpaired) electrons. The Morgan fingerprint density at radius 2 is 2.29 bits per heavy atom. The molecule has 0 bridgehead atoms. The second-order valence-corrected chi connectivity index (χ2v) is 4.28. The normalized spacial score (nSPS) is 10.0. The highest BCUT2D eigenvalue weighted by Gasteiger charge is 2.07. The van der Waals surface area contributed by atoms with Gasteiger partial charge >= 0.3 is 0 Å². The number of nitrogens with two attached hydrogens (primary N) is 1. The molecule has 7 heteroatoms. The summed E-state index contributed by atoms with van der Waals surface area (Å²) < 4.78 is 0. The number of hydrogen-bond donors (Lipinski definition) is 3. The fourth-order valence-corrected chi connectivity index (χ4v) is 1.86. The number of aryl methyl sites for hydroxylation is 1. The van der Waals surface area contributed by atoms with E-state index in [0.29, 0.717) is 17.4 Å². The first kappa shape index (κ1) is 13.4. The van der Waals surface area contributed by atoms with E-state index in [-0.39, 0.29) is 17.5 Å². The molecular formula is C10H15N5OS. The van der Waals surface area contributed by atoms with Gasteiger partial charge in [0, 0.05) is 12.2 Å². The van der Waals surface area contributed by atoms with E-state index in [1.807, 2.05) is 6.92 Å². The van der Waals surface area contributed by atoms with E-state index in [2.05, 4.69) is 15.3 Å². The van der Waals surface area contributed by atoms with Crippen molar-refractivity contribution in [3.8, 4) is 0 Å². The van der Waals surface area contributed by atoms with Crippen LogP contribution >= 0.6 is 11.8 Å². The minimum Gasteiger partial charge on any atom is -0.382 e. The molecule has 0 aliphatic heterocycles. The van der Waals surface area contributed by atoms with Crippen LogP contribution in [0.25, 0.3) is 0 Å². The molecule has 0 saturated carbocycles. The molecule has 0 aliphatic carbocycles. The first-order valence-electron chi connectivity index (χ1n) is 5.12. The van der Waals surface area contributed by atoms with E-state index in [9.17, 15) is 4.79 Å². The predicted octanol–water partition coefficient (Wildman–Crippen LogP) is 0.297. The zero-order chi connectivity index (χ0) is 12.8. The van der Waals surface area contributed by atoms with Crippen LogP contribution in [0.3, 0.4) is 0 Å². The van der Waals surface area contributed by atoms with Gasteiger partial charge in [0.05, 0.1) is 5.75 Å². The highest BCUT2D eigenvalue weighted by atomic mass is 32.2. The lowest BCUT2D eigenvalue weighted by Gasteiger charge is -2.04. The predicted molar refractivity (Wildman–Crippen MR) is 67.2 cm³/mol. The maximum absolute atomic E-state index is 11.3. The largest absolute Gasteiger partial charge is 0.382 e. The third-order valence-corrected chi connectivity index (χ3v) is 2.66. The van der Waals surface area contributed by atoms with Crippen LogP contribution in [0.2, 0.25) is 0 Å². The Balaban J connectivity index is 2.71. The maximum Gasteiger partial charge on any atom is 0.230 e. The SMILES string of the molecule is CCNC(=O)CSc1nc(C)cc(C(=N)N)n1. The number of hydrogen-bond acceptors (Lipinski definition) is 5. The lowest BCUT2D eigenvalue weighted by Crippen LogP contribution is -2.24. The van der Waals surface area contributed by atoms with E-state index in [0.717, 1.165) is 5.69 Å². The van der Waals surface area contributed by atoms with Crippen molar-refractivity contribution in [1.29, 1.82) is 5.41 Å². The average molecular weight is 253 g/mol. The van der Waals surface area contributed by atoms with Crippen LogP contribution in [-0.2, 0) is 4.79 Å². The number of amidine groups is 1. The topological polar surface area (TPSA) is 105 Å². The molecule has 1 aromatic rings.